The molecule has 2 unspecified atom stereocenters. The third-order valence-corrected chi connectivity index (χ3v) is 3.68. The van der Waals surface area contributed by atoms with E-state index in [0.29, 0.717) is 12.3 Å². The molecule has 1 fully saturated rings. The zero-order valence-electron chi connectivity index (χ0n) is 10.9. The van der Waals surface area contributed by atoms with E-state index >= 15 is 0 Å². The molecule has 3 nitrogen and oxygen atoms in total. The summed E-state index contributed by atoms with van der Waals surface area (Å²) in [5.41, 5.74) is 2.48. The minimum Gasteiger partial charge on any atom is -0.481 e. The number of carboxylic acids is 1. The molecule has 0 bridgehead atoms. The second-order valence-corrected chi connectivity index (χ2v) is 5.23. The van der Waals surface area contributed by atoms with Gasteiger partial charge in [-0.2, -0.15) is 0 Å². The minimum atomic E-state index is -0.722. The molecule has 2 N–H and O–H groups in total. The maximum absolute atomic E-state index is 10.9. The Hall–Kier alpha value is -1.35. The number of piperidine rings is 1. The average molecular weight is 247 g/mol. The highest BCUT2D eigenvalue weighted by atomic mass is 16.4. The summed E-state index contributed by atoms with van der Waals surface area (Å²) in [5.74, 6) is -0.455. The number of carboxylic acid groups (broad SMARTS) is 1. The molecule has 98 valence electrons. The lowest BCUT2D eigenvalue weighted by Gasteiger charge is -2.23. The van der Waals surface area contributed by atoms with E-state index in [2.05, 4.69) is 17.4 Å². The Kier molecular flexibility index (Phi) is 4.37. The fourth-order valence-electron chi connectivity index (χ4n) is 2.55. The van der Waals surface area contributed by atoms with Gasteiger partial charge in [-0.05, 0) is 42.9 Å². The fourth-order valence-corrected chi connectivity index (χ4v) is 2.55. The van der Waals surface area contributed by atoms with E-state index in [0.717, 1.165) is 18.7 Å². The predicted molar refractivity (Wildman–Crippen MR) is 71.8 cm³/mol. The van der Waals surface area contributed by atoms with E-state index in [1.807, 2.05) is 12.1 Å². The van der Waals surface area contributed by atoms with Crippen molar-refractivity contribution in [3.63, 3.8) is 0 Å². The van der Waals surface area contributed by atoms with E-state index in [9.17, 15) is 4.79 Å². The number of aliphatic carboxylic acids is 1. The van der Waals surface area contributed by atoms with Crippen LogP contribution < -0.4 is 5.32 Å². The van der Waals surface area contributed by atoms with Gasteiger partial charge in [-0.1, -0.05) is 31.2 Å². The minimum absolute atomic E-state index is 0.315. The molecule has 0 aromatic heterocycles. The van der Waals surface area contributed by atoms with Gasteiger partial charge in [-0.15, -0.1) is 0 Å². The summed E-state index contributed by atoms with van der Waals surface area (Å²) < 4.78 is 0. The van der Waals surface area contributed by atoms with Crippen LogP contribution in [0.2, 0.25) is 0 Å². The molecule has 2 atom stereocenters. The van der Waals surface area contributed by atoms with Gasteiger partial charge in [0.1, 0.15) is 0 Å². The summed E-state index contributed by atoms with van der Waals surface area (Å²) in [6.45, 7) is 3.92. The second-order valence-electron chi connectivity index (χ2n) is 5.23. The number of benzene rings is 1. The molecule has 0 saturated carbocycles. The summed E-state index contributed by atoms with van der Waals surface area (Å²) >= 11 is 0. The number of hydrogen-bond acceptors (Lipinski definition) is 2. The van der Waals surface area contributed by atoms with Crippen molar-refractivity contribution in [2.75, 3.05) is 13.1 Å². The van der Waals surface area contributed by atoms with Crippen molar-refractivity contribution in [3.8, 4) is 0 Å². The molecule has 0 aliphatic carbocycles. The maximum atomic E-state index is 10.9. The molecule has 0 amide bonds. The third-order valence-electron chi connectivity index (χ3n) is 3.68. The van der Waals surface area contributed by atoms with Gasteiger partial charge in [-0.3, -0.25) is 4.79 Å². The van der Waals surface area contributed by atoms with Crippen LogP contribution in [-0.4, -0.2) is 24.2 Å². The zero-order chi connectivity index (χ0) is 13.0. The summed E-state index contributed by atoms with van der Waals surface area (Å²) in [6, 6.07) is 8.41. The standard InChI is InChI=1S/C15H21NO2/c1-11(15(17)18)8-12-4-2-5-13(9-12)14-6-3-7-16-10-14/h2,4-5,9,11,14,16H,3,6-8,10H2,1H3,(H,17,18). The van der Waals surface area contributed by atoms with E-state index in [4.69, 9.17) is 5.11 Å². The van der Waals surface area contributed by atoms with Gasteiger partial charge in [0.2, 0.25) is 0 Å². The van der Waals surface area contributed by atoms with E-state index < -0.39 is 5.97 Å². The normalized spacial score (nSPS) is 21.5. The number of hydrogen-bond donors (Lipinski definition) is 2. The molecule has 18 heavy (non-hydrogen) atoms. The van der Waals surface area contributed by atoms with Crippen molar-refractivity contribution in [3.05, 3.63) is 35.4 Å². The first-order valence-corrected chi connectivity index (χ1v) is 6.69. The highest BCUT2D eigenvalue weighted by molar-refractivity contribution is 5.69. The number of carbonyl (C=O) groups is 1. The molecule has 1 heterocycles. The van der Waals surface area contributed by atoms with Crippen LogP contribution in [0.3, 0.4) is 0 Å². The number of rotatable bonds is 4. The van der Waals surface area contributed by atoms with E-state index in [1.165, 1.54) is 18.4 Å². The molecule has 0 spiro atoms. The van der Waals surface area contributed by atoms with Crippen molar-refractivity contribution in [2.24, 2.45) is 5.92 Å². The lowest BCUT2D eigenvalue weighted by atomic mass is 9.89. The molecule has 1 aromatic rings. The lowest BCUT2D eigenvalue weighted by Crippen LogP contribution is -2.28. The topological polar surface area (TPSA) is 49.3 Å². The van der Waals surface area contributed by atoms with Gasteiger partial charge in [0, 0.05) is 6.54 Å². The van der Waals surface area contributed by atoms with Crippen molar-refractivity contribution >= 4 is 5.97 Å². The monoisotopic (exact) mass is 247 g/mol. The highest BCUT2D eigenvalue weighted by Gasteiger charge is 2.16. The Morgan fingerprint density at radius 1 is 1.56 bits per heavy atom. The first-order valence-electron chi connectivity index (χ1n) is 6.69. The summed E-state index contributed by atoms with van der Waals surface area (Å²) in [5, 5.41) is 12.4. The quantitative estimate of drug-likeness (QED) is 0.859. The van der Waals surface area contributed by atoms with Gasteiger partial charge < -0.3 is 10.4 Å². The summed E-state index contributed by atoms with van der Waals surface area (Å²) in [7, 11) is 0. The number of nitrogens with one attached hydrogen (secondary N) is 1. The van der Waals surface area contributed by atoms with Crippen molar-refractivity contribution in [2.45, 2.75) is 32.1 Å². The Labute approximate surface area is 108 Å². The van der Waals surface area contributed by atoms with Crippen LogP contribution >= 0.6 is 0 Å². The van der Waals surface area contributed by atoms with Crippen LogP contribution in [0.5, 0.6) is 0 Å². The predicted octanol–water partition coefficient (Wildman–Crippen LogP) is 2.42. The first-order chi connectivity index (χ1) is 8.66. The Morgan fingerprint density at radius 3 is 3.06 bits per heavy atom. The molecule has 1 saturated heterocycles. The fraction of sp³-hybridized carbons (Fsp3) is 0.533. The highest BCUT2D eigenvalue weighted by Crippen LogP contribution is 2.24. The molecule has 1 aliphatic rings. The Morgan fingerprint density at radius 2 is 2.39 bits per heavy atom. The third kappa shape index (κ3) is 3.33. The molecular weight excluding hydrogens is 226 g/mol. The van der Waals surface area contributed by atoms with E-state index in [-0.39, 0.29) is 5.92 Å². The van der Waals surface area contributed by atoms with Crippen LogP contribution in [0.25, 0.3) is 0 Å². The van der Waals surface area contributed by atoms with Crippen LogP contribution in [0, 0.1) is 5.92 Å². The molecular formula is C15H21NO2. The first kappa shape index (κ1) is 13.1. The SMILES string of the molecule is CC(Cc1cccc(C2CCCNC2)c1)C(=O)O. The maximum Gasteiger partial charge on any atom is 0.306 e. The van der Waals surface area contributed by atoms with Gasteiger partial charge >= 0.3 is 5.97 Å². The smallest absolute Gasteiger partial charge is 0.306 e. The van der Waals surface area contributed by atoms with Crippen molar-refractivity contribution < 1.29 is 9.90 Å². The zero-order valence-corrected chi connectivity index (χ0v) is 10.9. The van der Waals surface area contributed by atoms with Gasteiger partial charge in [0.15, 0.2) is 0 Å². The van der Waals surface area contributed by atoms with Crippen LogP contribution in [0.1, 0.15) is 36.8 Å². The van der Waals surface area contributed by atoms with Crippen LogP contribution in [0.15, 0.2) is 24.3 Å². The molecule has 3 heteroatoms. The lowest BCUT2D eigenvalue weighted by molar-refractivity contribution is -0.141. The largest absolute Gasteiger partial charge is 0.481 e. The van der Waals surface area contributed by atoms with Crippen LogP contribution in [0.4, 0.5) is 0 Å². The van der Waals surface area contributed by atoms with Gasteiger partial charge in [0.25, 0.3) is 0 Å². The van der Waals surface area contributed by atoms with Gasteiger partial charge in [-0.25, -0.2) is 0 Å². The molecule has 1 aliphatic heterocycles. The molecule has 0 radical (unpaired) electrons. The van der Waals surface area contributed by atoms with Crippen molar-refractivity contribution in [1.82, 2.24) is 5.32 Å². The second kappa shape index (κ2) is 6.01. The van der Waals surface area contributed by atoms with E-state index in [1.54, 1.807) is 6.92 Å². The molecule has 1 aromatic carbocycles. The average Bonchev–Trinajstić information content (AvgIpc) is 2.40. The Bertz CT molecular complexity index is 411. The van der Waals surface area contributed by atoms with Crippen LogP contribution in [-0.2, 0) is 11.2 Å². The Balaban J connectivity index is 2.06. The van der Waals surface area contributed by atoms with Gasteiger partial charge in [0.05, 0.1) is 5.92 Å². The summed E-state index contributed by atoms with van der Waals surface area (Å²) in [6.07, 6.45) is 3.06. The summed E-state index contributed by atoms with van der Waals surface area (Å²) in [4.78, 5) is 10.9. The molecule has 2 rings (SSSR count). The van der Waals surface area contributed by atoms with Crippen molar-refractivity contribution in [1.29, 1.82) is 0 Å².